The van der Waals surface area contributed by atoms with Crippen LogP contribution in [0.4, 0.5) is 0 Å². The molecule has 178 valence electrons. The van der Waals surface area contributed by atoms with Gasteiger partial charge in [-0.2, -0.15) is 0 Å². The first kappa shape index (κ1) is 24.7. The van der Waals surface area contributed by atoms with Gasteiger partial charge >= 0.3 is 0 Å². The molecule has 0 aliphatic carbocycles. The number of nitrogens with zero attached hydrogens (tertiary/aromatic N) is 3. The fourth-order valence-corrected chi connectivity index (χ4v) is 4.69. The molecule has 1 unspecified atom stereocenters. The van der Waals surface area contributed by atoms with Crippen LogP contribution in [0.15, 0.2) is 30.3 Å². The van der Waals surface area contributed by atoms with Gasteiger partial charge in [-0.15, -0.1) is 0 Å². The largest absolute Gasteiger partial charge is 0.379 e. The highest BCUT2D eigenvalue weighted by molar-refractivity contribution is 5.82. The van der Waals surface area contributed by atoms with Crippen LogP contribution in [0.3, 0.4) is 0 Å². The van der Waals surface area contributed by atoms with Crippen molar-refractivity contribution in [3.63, 3.8) is 0 Å². The highest BCUT2D eigenvalue weighted by Gasteiger charge is 2.31. The summed E-state index contributed by atoms with van der Waals surface area (Å²) in [5, 5.41) is 0. The van der Waals surface area contributed by atoms with E-state index >= 15 is 0 Å². The number of amides is 2. The van der Waals surface area contributed by atoms with Gasteiger partial charge in [-0.05, 0) is 24.8 Å². The lowest BCUT2D eigenvalue weighted by molar-refractivity contribution is -0.141. The molecule has 2 heterocycles. The van der Waals surface area contributed by atoms with Crippen LogP contribution < -0.4 is 0 Å². The molecule has 0 spiro atoms. The number of ether oxygens (including phenoxy) is 1. The minimum Gasteiger partial charge on any atom is -0.379 e. The summed E-state index contributed by atoms with van der Waals surface area (Å²) in [6.45, 7) is 9.52. The summed E-state index contributed by atoms with van der Waals surface area (Å²) in [6, 6.07) is 9.89. The number of carbonyl (C=O) groups excluding carboxylic acids is 2. The SMILES string of the molecule is CCCCCCN(CCN1CCOCC1)C(=O)C1CCCN(C(=O)Cc2ccccc2)C1. The van der Waals surface area contributed by atoms with Gasteiger partial charge in [-0.1, -0.05) is 56.5 Å². The number of carbonyl (C=O) groups is 2. The Morgan fingerprint density at radius 3 is 2.56 bits per heavy atom. The average Bonchev–Trinajstić information content (AvgIpc) is 2.84. The van der Waals surface area contributed by atoms with Crippen LogP contribution in [0.25, 0.3) is 0 Å². The number of hydrogen-bond acceptors (Lipinski definition) is 4. The van der Waals surface area contributed by atoms with Crippen molar-refractivity contribution in [3.8, 4) is 0 Å². The van der Waals surface area contributed by atoms with E-state index in [-0.39, 0.29) is 17.7 Å². The number of hydrogen-bond donors (Lipinski definition) is 0. The number of rotatable bonds is 11. The third-order valence-electron chi connectivity index (χ3n) is 6.70. The fraction of sp³-hybridized carbons (Fsp3) is 0.692. The second-order valence-electron chi connectivity index (χ2n) is 9.18. The van der Waals surface area contributed by atoms with Crippen molar-refractivity contribution in [2.24, 2.45) is 5.92 Å². The molecule has 0 saturated carbocycles. The maximum atomic E-state index is 13.5. The maximum absolute atomic E-state index is 13.5. The van der Waals surface area contributed by atoms with Crippen molar-refractivity contribution < 1.29 is 14.3 Å². The van der Waals surface area contributed by atoms with Crippen LogP contribution in [-0.2, 0) is 20.7 Å². The van der Waals surface area contributed by atoms with Gasteiger partial charge in [0.25, 0.3) is 0 Å². The molecule has 6 heteroatoms. The van der Waals surface area contributed by atoms with Gasteiger partial charge in [0.05, 0.1) is 25.6 Å². The number of benzene rings is 1. The molecular weight excluding hydrogens is 402 g/mol. The Morgan fingerprint density at radius 1 is 1.03 bits per heavy atom. The van der Waals surface area contributed by atoms with Gasteiger partial charge in [0.15, 0.2) is 0 Å². The molecule has 1 aromatic carbocycles. The number of morpholine rings is 1. The molecule has 2 amide bonds. The molecule has 1 aromatic rings. The van der Waals surface area contributed by atoms with Gasteiger partial charge in [-0.3, -0.25) is 14.5 Å². The zero-order chi connectivity index (χ0) is 22.6. The molecule has 2 saturated heterocycles. The van der Waals surface area contributed by atoms with E-state index in [1.165, 1.54) is 19.3 Å². The minimum atomic E-state index is -0.0701. The molecule has 2 aliphatic rings. The van der Waals surface area contributed by atoms with Crippen LogP contribution >= 0.6 is 0 Å². The molecule has 0 aromatic heterocycles. The van der Waals surface area contributed by atoms with Crippen molar-refractivity contribution in [1.29, 1.82) is 0 Å². The van der Waals surface area contributed by atoms with Crippen LogP contribution in [0.2, 0.25) is 0 Å². The Bertz CT molecular complexity index is 691. The Kier molecular flexibility index (Phi) is 10.5. The normalized spacial score (nSPS) is 19.7. The van der Waals surface area contributed by atoms with Crippen molar-refractivity contribution in [3.05, 3.63) is 35.9 Å². The minimum absolute atomic E-state index is 0.0701. The molecule has 0 N–H and O–H groups in total. The summed E-state index contributed by atoms with van der Waals surface area (Å²) in [4.78, 5) is 32.8. The number of unbranched alkanes of at least 4 members (excludes halogenated alkanes) is 3. The van der Waals surface area contributed by atoms with E-state index in [1.807, 2.05) is 35.2 Å². The summed E-state index contributed by atoms with van der Waals surface area (Å²) < 4.78 is 5.46. The Labute approximate surface area is 193 Å². The molecule has 1 atom stereocenters. The van der Waals surface area contributed by atoms with Gasteiger partial charge in [-0.25, -0.2) is 0 Å². The predicted molar refractivity (Wildman–Crippen MR) is 127 cm³/mol. The van der Waals surface area contributed by atoms with Gasteiger partial charge < -0.3 is 14.5 Å². The second kappa shape index (κ2) is 13.6. The zero-order valence-corrected chi connectivity index (χ0v) is 19.8. The fourth-order valence-electron chi connectivity index (χ4n) is 4.69. The first-order valence-corrected chi connectivity index (χ1v) is 12.6. The van der Waals surface area contributed by atoms with Crippen molar-refractivity contribution in [1.82, 2.24) is 14.7 Å². The summed E-state index contributed by atoms with van der Waals surface area (Å²) in [7, 11) is 0. The average molecular weight is 444 g/mol. The number of likely N-dealkylation sites (tertiary alicyclic amines) is 1. The quantitative estimate of drug-likeness (QED) is 0.493. The first-order chi connectivity index (χ1) is 15.7. The molecule has 3 rings (SSSR count). The molecule has 2 aliphatic heterocycles. The molecular formula is C26H41N3O3. The van der Waals surface area contributed by atoms with Crippen molar-refractivity contribution in [2.45, 2.75) is 51.9 Å². The summed E-state index contributed by atoms with van der Waals surface area (Å²) >= 11 is 0. The maximum Gasteiger partial charge on any atom is 0.227 e. The molecule has 0 bridgehead atoms. The van der Waals surface area contributed by atoms with Gasteiger partial charge in [0.2, 0.25) is 11.8 Å². The third kappa shape index (κ3) is 7.89. The predicted octanol–water partition coefficient (Wildman–Crippen LogP) is 3.21. The first-order valence-electron chi connectivity index (χ1n) is 12.6. The van der Waals surface area contributed by atoms with E-state index in [2.05, 4.69) is 16.7 Å². The monoisotopic (exact) mass is 443 g/mol. The molecule has 32 heavy (non-hydrogen) atoms. The highest BCUT2D eigenvalue weighted by Crippen LogP contribution is 2.21. The molecule has 2 fully saturated rings. The van der Waals surface area contributed by atoms with E-state index in [1.54, 1.807) is 0 Å². The van der Waals surface area contributed by atoms with Crippen LogP contribution in [0.1, 0.15) is 51.0 Å². The summed E-state index contributed by atoms with van der Waals surface area (Å²) in [5.74, 6) is 0.308. The van der Waals surface area contributed by atoms with Gasteiger partial charge in [0, 0.05) is 45.8 Å². The van der Waals surface area contributed by atoms with Crippen LogP contribution in [0.5, 0.6) is 0 Å². The zero-order valence-electron chi connectivity index (χ0n) is 19.8. The summed E-state index contributed by atoms with van der Waals surface area (Å²) in [6.07, 6.45) is 6.86. The van der Waals surface area contributed by atoms with E-state index in [0.29, 0.717) is 13.0 Å². The Balaban J connectivity index is 1.55. The van der Waals surface area contributed by atoms with E-state index in [4.69, 9.17) is 4.74 Å². The van der Waals surface area contributed by atoms with E-state index in [0.717, 1.165) is 77.3 Å². The topological polar surface area (TPSA) is 53.1 Å². The van der Waals surface area contributed by atoms with Crippen LogP contribution in [0, 0.1) is 5.92 Å². The van der Waals surface area contributed by atoms with E-state index in [9.17, 15) is 9.59 Å². The highest BCUT2D eigenvalue weighted by atomic mass is 16.5. The van der Waals surface area contributed by atoms with Gasteiger partial charge in [0.1, 0.15) is 0 Å². The van der Waals surface area contributed by atoms with E-state index < -0.39 is 0 Å². The Morgan fingerprint density at radius 2 is 1.81 bits per heavy atom. The summed E-state index contributed by atoms with van der Waals surface area (Å²) in [5.41, 5.74) is 1.04. The molecule has 6 nitrogen and oxygen atoms in total. The Hall–Kier alpha value is -1.92. The smallest absolute Gasteiger partial charge is 0.227 e. The van der Waals surface area contributed by atoms with Crippen LogP contribution in [-0.4, -0.2) is 85.5 Å². The molecule has 0 radical (unpaired) electrons. The lowest BCUT2D eigenvalue weighted by Crippen LogP contribution is -2.49. The third-order valence-corrected chi connectivity index (χ3v) is 6.70. The number of piperidine rings is 1. The van der Waals surface area contributed by atoms with Crippen molar-refractivity contribution >= 4 is 11.8 Å². The second-order valence-corrected chi connectivity index (χ2v) is 9.18. The lowest BCUT2D eigenvalue weighted by Gasteiger charge is -2.36. The lowest BCUT2D eigenvalue weighted by atomic mass is 9.95. The van der Waals surface area contributed by atoms with Crippen molar-refractivity contribution in [2.75, 3.05) is 59.0 Å². The standard InChI is InChI=1S/C26H41N3O3/c1-2-3-4-8-13-28(16-15-27-17-19-32-20-18-27)26(31)24-12-9-14-29(22-24)25(30)21-23-10-6-5-7-11-23/h5-7,10-11,24H,2-4,8-9,12-22H2,1H3.